The Morgan fingerprint density at radius 2 is 2.00 bits per heavy atom. The minimum Gasteiger partial charge on any atom is -0.373 e. The van der Waals surface area contributed by atoms with E-state index in [0.29, 0.717) is 6.04 Å². The second-order valence-corrected chi connectivity index (χ2v) is 5.16. The molecule has 1 aromatic rings. The lowest BCUT2D eigenvalue weighted by atomic mass is 10.1. The Labute approximate surface area is 114 Å². The molecule has 0 saturated heterocycles. The van der Waals surface area contributed by atoms with Gasteiger partial charge >= 0.3 is 0 Å². The Balaban J connectivity index is 2.92. The van der Waals surface area contributed by atoms with Crippen LogP contribution >= 0.6 is 11.8 Å². The van der Waals surface area contributed by atoms with Crippen LogP contribution in [-0.4, -0.2) is 35.1 Å². The Morgan fingerprint density at radius 1 is 1.28 bits per heavy atom. The van der Waals surface area contributed by atoms with Crippen molar-refractivity contribution in [1.29, 1.82) is 0 Å². The van der Waals surface area contributed by atoms with E-state index in [2.05, 4.69) is 40.7 Å². The zero-order valence-corrected chi connectivity index (χ0v) is 12.6. The lowest BCUT2D eigenvalue weighted by molar-refractivity contribution is 0.763. The van der Waals surface area contributed by atoms with Crippen LogP contribution in [0.25, 0.3) is 0 Å². The average Bonchev–Trinajstić information content (AvgIpc) is 2.40. The maximum atomic E-state index is 4.40. The maximum absolute atomic E-state index is 4.40. The molecule has 5 heteroatoms. The van der Waals surface area contributed by atoms with Crippen LogP contribution in [0.2, 0.25) is 0 Å². The Kier molecular flexibility index (Phi) is 6.86. The second-order valence-electron chi connectivity index (χ2n) is 4.25. The number of thioether (sulfide) groups is 1. The number of rotatable bonds is 8. The second kappa shape index (κ2) is 8.19. The van der Waals surface area contributed by atoms with E-state index in [1.54, 1.807) is 6.33 Å². The van der Waals surface area contributed by atoms with Gasteiger partial charge in [-0.15, -0.1) is 0 Å². The summed E-state index contributed by atoms with van der Waals surface area (Å²) >= 11 is 1.86. The van der Waals surface area contributed by atoms with Crippen molar-refractivity contribution in [1.82, 2.24) is 9.97 Å². The van der Waals surface area contributed by atoms with Gasteiger partial charge in [-0.05, 0) is 19.1 Å². The summed E-state index contributed by atoms with van der Waals surface area (Å²) in [5, 5.41) is 6.69. The number of nitrogens with zero attached hydrogens (tertiary/aromatic N) is 2. The third-order valence-corrected chi connectivity index (χ3v) is 3.62. The molecule has 0 spiro atoms. The summed E-state index contributed by atoms with van der Waals surface area (Å²) in [6.07, 6.45) is 6.95. The first-order valence-electron chi connectivity index (χ1n) is 6.53. The fourth-order valence-electron chi connectivity index (χ4n) is 1.90. The predicted octanol–water partition coefficient (Wildman–Crippen LogP) is 3.02. The van der Waals surface area contributed by atoms with Crippen molar-refractivity contribution in [2.75, 3.05) is 29.7 Å². The molecule has 0 aromatic carbocycles. The summed E-state index contributed by atoms with van der Waals surface area (Å²) in [5.74, 6) is 3.02. The van der Waals surface area contributed by atoms with Crippen LogP contribution in [0.1, 0.15) is 32.3 Å². The molecule has 102 valence electrons. The van der Waals surface area contributed by atoms with Gasteiger partial charge in [0.15, 0.2) is 0 Å². The topological polar surface area (TPSA) is 49.8 Å². The van der Waals surface area contributed by atoms with Crippen LogP contribution in [0.15, 0.2) is 6.33 Å². The number of nitrogens with one attached hydrogen (secondary N) is 2. The minimum absolute atomic E-state index is 0.468. The van der Waals surface area contributed by atoms with E-state index in [1.807, 2.05) is 18.8 Å². The Morgan fingerprint density at radius 3 is 2.56 bits per heavy atom. The highest BCUT2D eigenvalue weighted by molar-refractivity contribution is 7.98. The van der Waals surface area contributed by atoms with Crippen LogP contribution in [0.4, 0.5) is 11.6 Å². The van der Waals surface area contributed by atoms with Crippen molar-refractivity contribution in [2.24, 2.45) is 0 Å². The van der Waals surface area contributed by atoms with Gasteiger partial charge in [-0.25, -0.2) is 9.97 Å². The molecule has 1 rings (SSSR count). The molecule has 18 heavy (non-hydrogen) atoms. The zero-order valence-electron chi connectivity index (χ0n) is 11.8. The molecule has 2 N–H and O–H groups in total. The fourth-order valence-corrected chi connectivity index (χ4v) is 2.62. The van der Waals surface area contributed by atoms with Gasteiger partial charge in [-0.3, -0.25) is 0 Å². The van der Waals surface area contributed by atoms with Crippen LogP contribution in [0.3, 0.4) is 0 Å². The van der Waals surface area contributed by atoms with E-state index in [0.717, 1.165) is 36.7 Å². The molecule has 0 saturated carbocycles. The van der Waals surface area contributed by atoms with Gasteiger partial charge < -0.3 is 10.6 Å². The molecule has 0 amide bonds. The molecular weight excluding hydrogens is 244 g/mol. The van der Waals surface area contributed by atoms with Gasteiger partial charge in [-0.2, -0.15) is 11.8 Å². The molecule has 1 heterocycles. The van der Waals surface area contributed by atoms with E-state index in [-0.39, 0.29) is 0 Å². The summed E-state index contributed by atoms with van der Waals surface area (Å²) in [7, 11) is 1.91. The van der Waals surface area contributed by atoms with E-state index in [1.165, 1.54) is 5.56 Å². The van der Waals surface area contributed by atoms with Crippen molar-refractivity contribution in [3.05, 3.63) is 11.9 Å². The largest absolute Gasteiger partial charge is 0.373 e. The molecule has 0 fully saturated rings. The molecule has 0 radical (unpaired) electrons. The first-order valence-corrected chi connectivity index (χ1v) is 7.93. The van der Waals surface area contributed by atoms with E-state index < -0.39 is 0 Å². The summed E-state index contributed by atoms with van der Waals surface area (Å²) < 4.78 is 0. The van der Waals surface area contributed by atoms with Crippen LogP contribution in [0.5, 0.6) is 0 Å². The maximum Gasteiger partial charge on any atom is 0.134 e. The van der Waals surface area contributed by atoms with Gasteiger partial charge in [-0.1, -0.05) is 20.3 Å². The van der Waals surface area contributed by atoms with Crippen molar-refractivity contribution in [3.8, 4) is 0 Å². The molecule has 4 nitrogen and oxygen atoms in total. The highest BCUT2D eigenvalue weighted by atomic mass is 32.2. The van der Waals surface area contributed by atoms with Crippen LogP contribution < -0.4 is 10.6 Å². The summed E-state index contributed by atoms with van der Waals surface area (Å²) in [4.78, 5) is 8.69. The molecule has 1 atom stereocenters. The third-order valence-electron chi connectivity index (χ3n) is 2.88. The number of aromatic nitrogens is 2. The summed E-state index contributed by atoms with van der Waals surface area (Å²) in [6.45, 7) is 4.38. The smallest absolute Gasteiger partial charge is 0.134 e. The van der Waals surface area contributed by atoms with Gasteiger partial charge in [0.2, 0.25) is 0 Å². The van der Waals surface area contributed by atoms with Gasteiger partial charge in [0.25, 0.3) is 0 Å². The van der Waals surface area contributed by atoms with Gasteiger partial charge in [0.05, 0.1) is 0 Å². The summed E-state index contributed by atoms with van der Waals surface area (Å²) in [6, 6.07) is 0.468. The number of anilines is 2. The first-order chi connectivity index (χ1) is 8.76. The first kappa shape index (κ1) is 15.1. The predicted molar refractivity (Wildman–Crippen MR) is 81.7 cm³/mol. The Hall–Kier alpha value is -0.970. The molecule has 1 aromatic heterocycles. The van der Waals surface area contributed by atoms with Crippen molar-refractivity contribution < 1.29 is 0 Å². The average molecular weight is 268 g/mol. The lowest BCUT2D eigenvalue weighted by Gasteiger charge is -2.19. The SMILES string of the molecule is CCCc1c(NC)ncnc1NC(CC)CSC. The molecular formula is C13H24N4S. The quantitative estimate of drug-likeness (QED) is 0.759. The third kappa shape index (κ3) is 4.05. The van der Waals surface area contributed by atoms with Gasteiger partial charge in [0.1, 0.15) is 18.0 Å². The molecule has 0 aliphatic carbocycles. The highest BCUT2D eigenvalue weighted by Crippen LogP contribution is 2.22. The molecule has 0 aliphatic heterocycles. The normalized spacial score (nSPS) is 12.2. The Bertz CT molecular complexity index is 357. The lowest BCUT2D eigenvalue weighted by Crippen LogP contribution is -2.23. The zero-order chi connectivity index (χ0) is 13.4. The van der Waals surface area contributed by atoms with Crippen LogP contribution in [0, 0.1) is 0 Å². The van der Waals surface area contributed by atoms with Gasteiger partial charge in [0, 0.05) is 24.4 Å². The van der Waals surface area contributed by atoms with E-state index in [4.69, 9.17) is 0 Å². The molecule has 0 aliphatic rings. The molecule has 0 bridgehead atoms. The van der Waals surface area contributed by atoms with Crippen molar-refractivity contribution in [2.45, 2.75) is 39.2 Å². The van der Waals surface area contributed by atoms with E-state index >= 15 is 0 Å². The monoisotopic (exact) mass is 268 g/mol. The highest BCUT2D eigenvalue weighted by Gasteiger charge is 2.13. The minimum atomic E-state index is 0.468. The van der Waals surface area contributed by atoms with Crippen molar-refractivity contribution in [3.63, 3.8) is 0 Å². The number of hydrogen-bond donors (Lipinski definition) is 2. The molecule has 1 unspecified atom stereocenters. The van der Waals surface area contributed by atoms with Crippen LogP contribution in [-0.2, 0) is 6.42 Å². The summed E-state index contributed by atoms with van der Waals surface area (Å²) in [5.41, 5.74) is 1.20. The number of hydrogen-bond acceptors (Lipinski definition) is 5. The van der Waals surface area contributed by atoms with Crippen molar-refractivity contribution >= 4 is 23.4 Å². The van der Waals surface area contributed by atoms with E-state index in [9.17, 15) is 0 Å². The fraction of sp³-hybridized carbons (Fsp3) is 0.692. The standard InChI is InChI=1S/C13H24N4S/c1-5-7-11-12(14-3)15-9-16-13(11)17-10(6-2)8-18-4/h9-10H,5-8H2,1-4H3,(H2,14,15,16,17).